The van der Waals surface area contributed by atoms with Gasteiger partial charge in [-0.15, -0.1) is 0 Å². The Bertz CT molecular complexity index is 762. The standard InChI is InChI=1S/C16H16BrN3O3/c1-10-6-7-14(12(17)8-10)18-9-16(21)19-13-4-3-5-15(11(13)2)20(22)23/h3-8,18H,9H2,1-2H3,(H,19,21). The Labute approximate surface area is 142 Å². The SMILES string of the molecule is Cc1ccc(NCC(=O)Nc2cccc([N+](=O)[O-])c2C)c(Br)c1. The number of benzene rings is 2. The van der Waals surface area contributed by atoms with Crippen molar-refractivity contribution in [3.05, 3.63) is 62.1 Å². The molecule has 0 saturated carbocycles. The van der Waals surface area contributed by atoms with Crippen LogP contribution in [0.1, 0.15) is 11.1 Å². The fourth-order valence-corrected chi connectivity index (χ4v) is 2.72. The predicted molar refractivity (Wildman–Crippen MR) is 93.8 cm³/mol. The van der Waals surface area contributed by atoms with E-state index >= 15 is 0 Å². The highest BCUT2D eigenvalue weighted by molar-refractivity contribution is 9.10. The molecule has 120 valence electrons. The summed E-state index contributed by atoms with van der Waals surface area (Å²) in [5, 5.41) is 16.6. The van der Waals surface area contributed by atoms with Gasteiger partial charge in [-0.05, 0) is 53.5 Å². The van der Waals surface area contributed by atoms with Crippen LogP contribution >= 0.6 is 15.9 Å². The number of carbonyl (C=O) groups excluding carboxylic acids is 1. The topological polar surface area (TPSA) is 84.3 Å². The molecule has 0 heterocycles. The lowest BCUT2D eigenvalue weighted by molar-refractivity contribution is -0.385. The number of nitro benzene ring substituents is 1. The summed E-state index contributed by atoms with van der Waals surface area (Å²) < 4.78 is 0.872. The second kappa shape index (κ2) is 7.23. The Balaban J connectivity index is 2.03. The molecule has 0 saturated heterocycles. The van der Waals surface area contributed by atoms with Crippen molar-refractivity contribution in [3.63, 3.8) is 0 Å². The molecule has 2 rings (SSSR count). The van der Waals surface area contributed by atoms with Gasteiger partial charge in [-0.3, -0.25) is 14.9 Å². The van der Waals surface area contributed by atoms with Gasteiger partial charge in [0.1, 0.15) is 0 Å². The minimum absolute atomic E-state index is 0.0166. The predicted octanol–water partition coefficient (Wildman–Crippen LogP) is 4.02. The number of amides is 1. The van der Waals surface area contributed by atoms with E-state index in [-0.39, 0.29) is 18.1 Å². The molecule has 1 amide bonds. The van der Waals surface area contributed by atoms with E-state index in [1.165, 1.54) is 6.07 Å². The van der Waals surface area contributed by atoms with Crippen LogP contribution in [0.3, 0.4) is 0 Å². The van der Waals surface area contributed by atoms with E-state index in [2.05, 4.69) is 26.6 Å². The zero-order chi connectivity index (χ0) is 17.0. The number of nitrogens with one attached hydrogen (secondary N) is 2. The molecule has 0 aliphatic rings. The molecule has 0 atom stereocenters. The second-order valence-electron chi connectivity index (χ2n) is 5.09. The number of carbonyl (C=O) groups is 1. The highest BCUT2D eigenvalue weighted by atomic mass is 79.9. The average Bonchev–Trinajstić information content (AvgIpc) is 2.48. The van der Waals surface area contributed by atoms with Crippen LogP contribution in [0.4, 0.5) is 17.1 Å². The summed E-state index contributed by atoms with van der Waals surface area (Å²) >= 11 is 3.43. The van der Waals surface area contributed by atoms with Crippen LogP contribution in [0.15, 0.2) is 40.9 Å². The van der Waals surface area contributed by atoms with Crippen molar-refractivity contribution in [2.75, 3.05) is 17.2 Å². The van der Waals surface area contributed by atoms with Gasteiger partial charge in [0.25, 0.3) is 5.69 Å². The van der Waals surface area contributed by atoms with Gasteiger partial charge in [0.15, 0.2) is 0 Å². The quantitative estimate of drug-likeness (QED) is 0.608. The average molecular weight is 378 g/mol. The number of anilines is 2. The molecule has 0 fully saturated rings. The molecule has 0 bridgehead atoms. The largest absolute Gasteiger partial charge is 0.375 e. The van der Waals surface area contributed by atoms with Crippen LogP contribution in [0.5, 0.6) is 0 Å². The van der Waals surface area contributed by atoms with Crippen LogP contribution in [0.25, 0.3) is 0 Å². The summed E-state index contributed by atoms with van der Waals surface area (Å²) in [5.74, 6) is -0.277. The molecule has 0 radical (unpaired) electrons. The van der Waals surface area contributed by atoms with E-state index in [9.17, 15) is 14.9 Å². The van der Waals surface area contributed by atoms with E-state index in [0.717, 1.165) is 15.7 Å². The number of hydrogen-bond donors (Lipinski definition) is 2. The molecule has 0 unspecified atom stereocenters. The molecular weight excluding hydrogens is 362 g/mol. The van der Waals surface area contributed by atoms with Crippen LogP contribution in [-0.2, 0) is 4.79 Å². The van der Waals surface area contributed by atoms with Gasteiger partial charge < -0.3 is 10.6 Å². The van der Waals surface area contributed by atoms with Crippen molar-refractivity contribution >= 4 is 38.9 Å². The van der Waals surface area contributed by atoms with Crippen LogP contribution in [0, 0.1) is 24.0 Å². The van der Waals surface area contributed by atoms with Crippen molar-refractivity contribution < 1.29 is 9.72 Å². The van der Waals surface area contributed by atoms with Gasteiger partial charge in [0, 0.05) is 16.2 Å². The van der Waals surface area contributed by atoms with Gasteiger partial charge in [0.2, 0.25) is 5.91 Å². The normalized spacial score (nSPS) is 10.2. The maximum Gasteiger partial charge on any atom is 0.274 e. The van der Waals surface area contributed by atoms with Crippen molar-refractivity contribution in [2.24, 2.45) is 0 Å². The lowest BCUT2D eigenvalue weighted by Crippen LogP contribution is -2.22. The molecule has 6 nitrogen and oxygen atoms in total. The molecular formula is C16H16BrN3O3. The lowest BCUT2D eigenvalue weighted by atomic mass is 10.1. The summed E-state index contributed by atoms with van der Waals surface area (Å²) in [4.78, 5) is 22.5. The summed E-state index contributed by atoms with van der Waals surface area (Å²) in [6, 6.07) is 10.4. The first-order valence-corrected chi connectivity index (χ1v) is 7.71. The molecule has 0 aliphatic heterocycles. The third-order valence-corrected chi connectivity index (χ3v) is 4.00. The minimum Gasteiger partial charge on any atom is -0.375 e. The lowest BCUT2D eigenvalue weighted by Gasteiger charge is -2.11. The molecule has 2 aromatic carbocycles. The third-order valence-electron chi connectivity index (χ3n) is 3.34. The Kier molecular flexibility index (Phi) is 5.33. The summed E-state index contributed by atoms with van der Waals surface area (Å²) in [6.45, 7) is 3.65. The van der Waals surface area contributed by atoms with Gasteiger partial charge >= 0.3 is 0 Å². The molecule has 0 aromatic heterocycles. The summed E-state index contributed by atoms with van der Waals surface area (Å²) in [7, 11) is 0. The highest BCUT2D eigenvalue weighted by Gasteiger charge is 2.14. The van der Waals surface area contributed by atoms with Crippen LogP contribution in [0.2, 0.25) is 0 Å². The third kappa shape index (κ3) is 4.29. The van der Waals surface area contributed by atoms with E-state index in [4.69, 9.17) is 0 Å². The van der Waals surface area contributed by atoms with E-state index in [1.807, 2.05) is 25.1 Å². The number of nitro groups is 1. The number of aryl methyl sites for hydroxylation is 1. The van der Waals surface area contributed by atoms with Gasteiger partial charge in [-0.25, -0.2) is 0 Å². The first kappa shape index (κ1) is 17.0. The first-order chi connectivity index (χ1) is 10.9. The molecule has 23 heavy (non-hydrogen) atoms. The number of hydrogen-bond acceptors (Lipinski definition) is 4. The van der Waals surface area contributed by atoms with Gasteiger partial charge in [-0.1, -0.05) is 12.1 Å². The Morgan fingerprint density at radius 2 is 1.96 bits per heavy atom. The molecule has 2 N–H and O–H groups in total. The molecule has 0 spiro atoms. The maximum absolute atomic E-state index is 12.0. The van der Waals surface area contributed by atoms with E-state index in [0.29, 0.717) is 11.3 Å². The Morgan fingerprint density at radius 3 is 2.61 bits per heavy atom. The highest BCUT2D eigenvalue weighted by Crippen LogP contribution is 2.25. The fourth-order valence-electron chi connectivity index (χ4n) is 2.09. The zero-order valence-corrected chi connectivity index (χ0v) is 14.3. The van der Waals surface area contributed by atoms with Crippen LogP contribution in [-0.4, -0.2) is 17.4 Å². The Morgan fingerprint density at radius 1 is 1.22 bits per heavy atom. The van der Waals surface area contributed by atoms with E-state index in [1.54, 1.807) is 19.1 Å². The minimum atomic E-state index is -0.466. The van der Waals surface area contributed by atoms with Crippen molar-refractivity contribution in [2.45, 2.75) is 13.8 Å². The monoisotopic (exact) mass is 377 g/mol. The van der Waals surface area contributed by atoms with Crippen LogP contribution < -0.4 is 10.6 Å². The smallest absolute Gasteiger partial charge is 0.274 e. The zero-order valence-electron chi connectivity index (χ0n) is 12.7. The summed E-state index contributed by atoms with van der Waals surface area (Å²) in [5.41, 5.74) is 2.77. The molecule has 7 heteroatoms. The van der Waals surface area contributed by atoms with Crippen molar-refractivity contribution in [3.8, 4) is 0 Å². The second-order valence-corrected chi connectivity index (χ2v) is 5.95. The molecule has 2 aromatic rings. The maximum atomic E-state index is 12.0. The van der Waals surface area contributed by atoms with Crippen molar-refractivity contribution in [1.29, 1.82) is 0 Å². The van der Waals surface area contributed by atoms with Gasteiger partial charge in [-0.2, -0.15) is 0 Å². The van der Waals surface area contributed by atoms with Crippen molar-refractivity contribution in [1.82, 2.24) is 0 Å². The molecule has 0 aliphatic carbocycles. The fraction of sp³-hybridized carbons (Fsp3) is 0.188. The first-order valence-electron chi connectivity index (χ1n) is 6.92. The van der Waals surface area contributed by atoms with E-state index < -0.39 is 4.92 Å². The van der Waals surface area contributed by atoms with Gasteiger partial charge in [0.05, 0.1) is 22.7 Å². The number of halogens is 1. The number of rotatable bonds is 5. The summed E-state index contributed by atoms with van der Waals surface area (Å²) in [6.07, 6.45) is 0. The Hall–Kier alpha value is -2.41. The number of nitrogens with zero attached hydrogens (tertiary/aromatic N) is 1.